The van der Waals surface area contributed by atoms with E-state index in [0.717, 1.165) is 4.31 Å². The zero-order valence-corrected chi connectivity index (χ0v) is 17.1. The number of carbonyl (C=O) groups excluding carboxylic acids is 1. The summed E-state index contributed by atoms with van der Waals surface area (Å²) in [7, 11) is -4.04. The van der Waals surface area contributed by atoms with E-state index in [4.69, 9.17) is 14.2 Å². The van der Waals surface area contributed by atoms with Gasteiger partial charge in [0.1, 0.15) is 18.0 Å². The predicted molar refractivity (Wildman–Crippen MR) is 106 cm³/mol. The van der Waals surface area contributed by atoms with Crippen molar-refractivity contribution in [1.82, 2.24) is 0 Å². The summed E-state index contributed by atoms with van der Waals surface area (Å²) in [5, 5.41) is 0. The number of para-hydroxylation sites is 2. The lowest BCUT2D eigenvalue weighted by molar-refractivity contribution is -0.141. The predicted octanol–water partition coefficient (Wildman–Crippen LogP) is 3.24. The molecule has 0 aliphatic heterocycles. The van der Waals surface area contributed by atoms with Gasteiger partial charge in [0.2, 0.25) is 0 Å². The minimum Gasteiger partial charge on any atom is -0.494 e. The zero-order valence-electron chi connectivity index (χ0n) is 16.3. The Balaban J connectivity index is 2.49. The number of sulfonamides is 1. The molecule has 2 aromatic carbocycles. The molecule has 0 amide bonds. The summed E-state index contributed by atoms with van der Waals surface area (Å²) in [6.07, 6.45) is 0. The summed E-state index contributed by atoms with van der Waals surface area (Å²) in [6, 6.07) is 12.7. The number of benzene rings is 2. The van der Waals surface area contributed by atoms with Gasteiger partial charge in [-0.3, -0.25) is 9.10 Å². The van der Waals surface area contributed by atoms with Gasteiger partial charge in [-0.15, -0.1) is 0 Å². The van der Waals surface area contributed by atoms with Crippen molar-refractivity contribution in [2.75, 3.05) is 30.7 Å². The molecule has 2 rings (SSSR count). The first kappa shape index (κ1) is 21.6. The molecule has 0 aliphatic rings. The van der Waals surface area contributed by atoms with Crippen LogP contribution in [0.2, 0.25) is 0 Å². The molecule has 0 aromatic heterocycles. The summed E-state index contributed by atoms with van der Waals surface area (Å²) in [6.45, 7) is 5.83. The first-order valence-corrected chi connectivity index (χ1v) is 10.5. The highest BCUT2D eigenvalue weighted by atomic mass is 32.2. The van der Waals surface area contributed by atoms with Gasteiger partial charge in [-0.05, 0) is 57.2 Å². The van der Waals surface area contributed by atoms with Crippen molar-refractivity contribution in [2.24, 2.45) is 0 Å². The Hall–Kier alpha value is -2.74. The first-order valence-electron chi connectivity index (χ1n) is 9.07. The SMILES string of the molecule is CCOC(=O)CN(c1ccccc1OCC)S(=O)(=O)c1ccc(OCC)cc1. The second-order valence-corrected chi connectivity index (χ2v) is 7.48. The van der Waals surface area contributed by atoms with Crippen LogP contribution in [0, 0.1) is 0 Å². The molecule has 0 unspecified atom stereocenters. The monoisotopic (exact) mass is 407 g/mol. The van der Waals surface area contributed by atoms with Crippen LogP contribution >= 0.6 is 0 Å². The maximum atomic E-state index is 13.3. The quantitative estimate of drug-likeness (QED) is 0.563. The average Bonchev–Trinajstić information content (AvgIpc) is 2.68. The van der Waals surface area contributed by atoms with Crippen molar-refractivity contribution in [1.29, 1.82) is 0 Å². The zero-order chi connectivity index (χ0) is 20.6. The van der Waals surface area contributed by atoms with Crippen molar-refractivity contribution < 1.29 is 27.4 Å². The Morgan fingerprint density at radius 1 is 0.893 bits per heavy atom. The van der Waals surface area contributed by atoms with Gasteiger partial charge in [0.25, 0.3) is 10.0 Å². The van der Waals surface area contributed by atoms with Crippen LogP contribution in [0.4, 0.5) is 5.69 Å². The Labute approximate surface area is 165 Å². The number of carbonyl (C=O) groups is 1. The maximum absolute atomic E-state index is 13.3. The van der Waals surface area contributed by atoms with Crippen LogP contribution in [0.5, 0.6) is 11.5 Å². The first-order chi connectivity index (χ1) is 13.4. The lowest BCUT2D eigenvalue weighted by Crippen LogP contribution is -2.37. The van der Waals surface area contributed by atoms with Crippen LogP contribution in [0.15, 0.2) is 53.4 Å². The van der Waals surface area contributed by atoms with Crippen LogP contribution in [-0.2, 0) is 19.6 Å². The van der Waals surface area contributed by atoms with Gasteiger partial charge in [0, 0.05) is 0 Å². The highest BCUT2D eigenvalue weighted by Gasteiger charge is 2.30. The van der Waals surface area contributed by atoms with Crippen molar-refractivity contribution in [2.45, 2.75) is 25.7 Å². The molecule has 7 nitrogen and oxygen atoms in total. The Morgan fingerprint density at radius 3 is 2.14 bits per heavy atom. The Morgan fingerprint density at radius 2 is 1.54 bits per heavy atom. The molecular weight excluding hydrogens is 382 g/mol. The lowest BCUT2D eigenvalue weighted by Gasteiger charge is -2.25. The van der Waals surface area contributed by atoms with E-state index >= 15 is 0 Å². The Bertz CT molecular complexity index is 880. The maximum Gasteiger partial charge on any atom is 0.326 e. The third kappa shape index (κ3) is 5.16. The van der Waals surface area contributed by atoms with Gasteiger partial charge in [-0.2, -0.15) is 0 Å². The number of ether oxygens (including phenoxy) is 3. The summed E-state index contributed by atoms with van der Waals surface area (Å²) in [5.41, 5.74) is 0.270. The fourth-order valence-corrected chi connectivity index (χ4v) is 3.99. The standard InChI is InChI=1S/C20H25NO6S/c1-4-25-16-11-13-17(14-12-16)28(23,24)21(15-20(22)27-6-3)18-9-7-8-10-19(18)26-5-2/h7-14H,4-6,15H2,1-3H3. The topological polar surface area (TPSA) is 82.1 Å². The molecule has 28 heavy (non-hydrogen) atoms. The summed E-state index contributed by atoms with van der Waals surface area (Å²) < 4.78 is 43.5. The largest absolute Gasteiger partial charge is 0.494 e. The number of anilines is 1. The van der Waals surface area contributed by atoms with Gasteiger partial charge in [0.05, 0.1) is 30.4 Å². The molecular formula is C20H25NO6S. The molecule has 152 valence electrons. The van der Waals surface area contributed by atoms with Crippen molar-refractivity contribution >= 4 is 21.7 Å². The van der Waals surface area contributed by atoms with Gasteiger partial charge in [-0.25, -0.2) is 8.42 Å². The fraction of sp³-hybridized carbons (Fsp3) is 0.350. The van der Waals surface area contributed by atoms with Crippen molar-refractivity contribution in [3.8, 4) is 11.5 Å². The van der Waals surface area contributed by atoms with Gasteiger partial charge >= 0.3 is 5.97 Å². The van der Waals surface area contributed by atoms with E-state index < -0.39 is 22.5 Å². The van der Waals surface area contributed by atoms with Crippen LogP contribution in [0.1, 0.15) is 20.8 Å². The molecule has 0 radical (unpaired) electrons. The van der Waals surface area contributed by atoms with E-state index in [-0.39, 0.29) is 17.2 Å². The normalized spacial score (nSPS) is 11.0. The third-order valence-corrected chi connectivity index (χ3v) is 5.51. The van der Waals surface area contributed by atoms with E-state index in [0.29, 0.717) is 24.7 Å². The van der Waals surface area contributed by atoms with Crippen LogP contribution < -0.4 is 13.8 Å². The van der Waals surface area contributed by atoms with Crippen LogP contribution in [0.3, 0.4) is 0 Å². The molecule has 0 atom stereocenters. The molecule has 0 bridgehead atoms. The fourth-order valence-electron chi connectivity index (χ4n) is 2.57. The summed E-state index contributed by atoms with van der Waals surface area (Å²) >= 11 is 0. The molecule has 0 heterocycles. The second-order valence-electron chi connectivity index (χ2n) is 5.62. The van der Waals surface area contributed by atoms with E-state index in [1.165, 1.54) is 12.1 Å². The number of hydrogen-bond donors (Lipinski definition) is 0. The average molecular weight is 407 g/mol. The van der Waals surface area contributed by atoms with E-state index in [2.05, 4.69) is 0 Å². The molecule has 0 saturated carbocycles. The lowest BCUT2D eigenvalue weighted by atomic mass is 10.3. The minimum atomic E-state index is -4.04. The minimum absolute atomic E-state index is 0.0338. The number of rotatable bonds is 10. The smallest absolute Gasteiger partial charge is 0.326 e. The molecule has 0 N–H and O–H groups in total. The molecule has 0 aliphatic carbocycles. The van der Waals surface area contributed by atoms with E-state index in [9.17, 15) is 13.2 Å². The molecule has 0 spiro atoms. The molecule has 0 fully saturated rings. The van der Waals surface area contributed by atoms with Crippen LogP contribution in [-0.4, -0.2) is 40.8 Å². The third-order valence-electron chi connectivity index (χ3n) is 3.73. The molecule has 0 saturated heterocycles. The van der Waals surface area contributed by atoms with Crippen LogP contribution in [0.25, 0.3) is 0 Å². The van der Waals surface area contributed by atoms with Crippen molar-refractivity contribution in [3.05, 3.63) is 48.5 Å². The number of nitrogens with zero attached hydrogens (tertiary/aromatic N) is 1. The van der Waals surface area contributed by atoms with Gasteiger partial charge in [0.15, 0.2) is 0 Å². The second kappa shape index (κ2) is 9.98. The highest BCUT2D eigenvalue weighted by Crippen LogP contribution is 2.33. The van der Waals surface area contributed by atoms with Crippen molar-refractivity contribution in [3.63, 3.8) is 0 Å². The van der Waals surface area contributed by atoms with Gasteiger partial charge in [-0.1, -0.05) is 12.1 Å². The highest BCUT2D eigenvalue weighted by molar-refractivity contribution is 7.92. The van der Waals surface area contributed by atoms with E-state index in [1.807, 2.05) is 6.92 Å². The van der Waals surface area contributed by atoms with Gasteiger partial charge < -0.3 is 14.2 Å². The summed E-state index contributed by atoms with van der Waals surface area (Å²) in [5.74, 6) is 0.278. The number of hydrogen-bond acceptors (Lipinski definition) is 6. The van der Waals surface area contributed by atoms with E-state index in [1.54, 1.807) is 50.2 Å². The summed E-state index contributed by atoms with van der Waals surface area (Å²) in [4.78, 5) is 12.2. The molecule has 8 heteroatoms. The number of esters is 1. The molecule has 2 aromatic rings. The Kier molecular flexibility index (Phi) is 7.69.